The molecule has 0 atom stereocenters. The molecule has 0 unspecified atom stereocenters. The minimum absolute atomic E-state index is 0.0484. The summed E-state index contributed by atoms with van der Waals surface area (Å²) in [6.45, 7) is 1.99. The Balaban J connectivity index is 1.55. The van der Waals surface area contributed by atoms with Crippen molar-refractivity contribution in [2.45, 2.75) is 11.8 Å². The predicted molar refractivity (Wildman–Crippen MR) is 140 cm³/mol. The summed E-state index contributed by atoms with van der Waals surface area (Å²) in [5.41, 5.74) is 2.34. The number of carbonyl (C=O) groups is 1. The second-order valence-electron chi connectivity index (χ2n) is 7.87. The molecule has 4 aromatic rings. The van der Waals surface area contributed by atoms with Crippen LogP contribution in [0.25, 0.3) is 16.8 Å². The molecule has 1 heterocycles. The van der Waals surface area contributed by atoms with Gasteiger partial charge in [0.1, 0.15) is 4.90 Å². The average molecular weight is 501 g/mol. The fraction of sp³-hybridized carbons (Fsp3) is 0.0370. The summed E-state index contributed by atoms with van der Waals surface area (Å²) in [6, 6.07) is 26.5. The van der Waals surface area contributed by atoms with Crippen LogP contribution in [0.3, 0.4) is 0 Å². The number of aryl methyl sites for hydroxylation is 1. The molecule has 0 aromatic heterocycles. The number of amidine groups is 1. The van der Waals surface area contributed by atoms with Crippen LogP contribution < -0.4 is 9.50 Å². The summed E-state index contributed by atoms with van der Waals surface area (Å²) in [5.74, 6) is -0.178. The van der Waals surface area contributed by atoms with Gasteiger partial charge in [0.25, 0.3) is 5.91 Å². The van der Waals surface area contributed by atoms with E-state index in [0.717, 1.165) is 22.0 Å². The second-order valence-corrected chi connectivity index (χ2v) is 10.4. The minimum Gasteiger partial charge on any atom is -0.378 e. The first kappa shape index (κ1) is 22.9. The zero-order chi connectivity index (χ0) is 24.4. The molecule has 1 amide bonds. The summed E-state index contributed by atoms with van der Waals surface area (Å²) in [4.78, 5) is 17.7. The Morgan fingerprint density at radius 2 is 1.60 bits per heavy atom. The smallest absolute Gasteiger partial charge is 0.339 e. The molecule has 6 nitrogen and oxygen atoms in total. The monoisotopic (exact) mass is 500 g/mol. The van der Waals surface area contributed by atoms with Gasteiger partial charge in [0.05, 0.1) is 10.6 Å². The van der Waals surface area contributed by atoms with E-state index in [1.807, 2.05) is 55.5 Å². The summed E-state index contributed by atoms with van der Waals surface area (Å²) in [6.07, 6.45) is 1.65. The van der Waals surface area contributed by atoms with Crippen molar-refractivity contribution in [3.8, 4) is 5.75 Å². The molecule has 0 aliphatic carbocycles. The highest BCUT2D eigenvalue weighted by Gasteiger charge is 2.26. The summed E-state index contributed by atoms with van der Waals surface area (Å²) < 4.78 is 31.4. The molecule has 0 saturated carbocycles. The Morgan fingerprint density at radius 1 is 0.886 bits per heavy atom. The van der Waals surface area contributed by atoms with Gasteiger partial charge in [-0.25, -0.2) is 4.99 Å². The number of benzene rings is 4. The van der Waals surface area contributed by atoms with E-state index >= 15 is 0 Å². The van der Waals surface area contributed by atoms with Crippen LogP contribution in [0, 0.1) is 6.92 Å². The standard InChI is InChI=1S/C27H20N2O4S2/c1-18-11-14-20(15-12-18)28-27-29-26(30)25(34-27)17-23-22-10-6-5-7-19(22)13-16-24(23)33-35(31,32)21-8-3-2-4-9-21/h2-17H,1H3,(H,28,29,30)/b25-17-. The van der Waals surface area contributed by atoms with Crippen LogP contribution in [-0.2, 0) is 14.9 Å². The maximum atomic E-state index is 12.9. The van der Waals surface area contributed by atoms with E-state index < -0.39 is 10.1 Å². The van der Waals surface area contributed by atoms with Crippen LogP contribution in [0.1, 0.15) is 11.1 Å². The second kappa shape index (κ2) is 9.40. The summed E-state index contributed by atoms with van der Waals surface area (Å²) in [5, 5.41) is 4.88. The van der Waals surface area contributed by atoms with Crippen LogP contribution in [0.5, 0.6) is 5.75 Å². The van der Waals surface area contributed by atoms with Crippen molar-refractivity contribution in [1.29, 1.82) is 0 Å². The van der Waals surface area contributed by atoms with Gasteiger partial charge in [0.2, 0.25) is 0 Å². The topological polar surface area (TPSA) is 84.8 Å². The maximum Gasteiger partial charge on any atom is 0.339 e. The maximum absolute atomic E-state index is 12.9. The zero-order valence-electron chi connectivity index (χ0n) is 18.6. The first-order valence-electron chi connectivity index (χ1n) is 10.8. The quantitative estimate of drug-likeness (QED) is 0.276. The molecule has 4 aromatic carbocycles. The molecule has 1 N–H and O–H groups in total. The number of thioether (sulfide) groups is 1. The lowest BCUT2D eigenvalue weighted by Gasteiger charge is -2.12. The number of hydrogen-bond donors (Lipinski definition) is 1. The van der Waals surface area contributed by atoms with Gasteiger partial charge >= 0.3 is 10.1 Å². The van der Waals surface area contributed by atoms with Crippen molar-refractivity contribution in [2.24, 2.45) is 4.99 Å². The lowest BCUT2D eigenvalue weighted by atomic mass is 10.0. The number of rotatable bonds is 5. The fourth-order valence-corrected chi connectivity index (χ4v) is 5.39. The third kappa shape index (κ3) is 4.99. The van der Waals surface area contributed by atoms with E-state index in [-0.39, 0.29) is 16.6 Å². The van der Waals surface area contributed by atoms with Crippen LogP contribution in [0.4, 0.5) is 5.69 Å². The molecule has 174 valence electrons. The number of fused-ring (bicyclic) bond motifs is 1. The Hall–Kier alpha value is -3.88. The number of aliphatic imine (C=N–C) groups is 1. The molecule has 1 aliphatic heterocycles. The molecule has 0 radical (unpaired) electrons. The number of nitrogens with one attached hydrogen (secondary N) is 1. The van der Waals surface area contributed by atoms with E-state index in [1.165, 1.54) is 23.9 Å². The molecule has 1 saturated heterocycles. The van der Waals surface area contributed by atoms with E-state index in [4.69, 9.17) is 4.18 Å². The Kier molecular flexibility index (Phi) is 6.15. The third-order valence-corrected chi connectivity index (χ3v) is 7.51. The number of amides is 1. The molecule has 35 heavy (non-hydrogen) atoms. The van der Waals surface area contributed by atoms with Crippen LogP contribution >= 0.6 is 11.8 Å². The fourth-order valence-electron chi connectivity index (χ4n) is 3.60. The molecule has 0 spiro atoms. The molecule has 8 heteroatoms. The molecule has 1 aliphatic rings. The highest BCUT2D eigenvalue weighted by atomic mass is 32.2. The first-order chi connectivity index (χ1) is 16.9. The van der Waals surface area contributed by atoms with Gasteiger partial charge in [-0.2, -0.15) is 8.42 Å². The highest BCUT2D eigenvalue weighted by Crippen LogP contribution is 2.36. The first-order valence-corrected chi connectivity index (χ1v) is 13.0. The molecule has 5 rings (SSSR count). The lowest BCUT2D eigenvalue weighted by molar-refractivity contribution is -0.115. The van der Waals surface area contributed by atoms with Gasteiger partial charge in [0.15, 0.2) is 10.9 Å². The van der Waals surface area contributed by atoms with Gasteiger partial charge in [-0.05, 0) is 65.9 Å². The summed E-state index contributed by atoms with van der Waals surface area (Å²) >= 11 is 1.19. The molecular weight excluding hydrogens is 480 g/mol. The van der Waals surface area contributed by atoms with E-state index in [9.17, 15) is 13.2 Å². The van der Waals surface area contributed by atoms with Crippen LogP contribution in [0.2, 0.25) is 0 Å². The normalized spacial score (nSPS) is 16.1. The van der Waals surface area contributed by atoms with Crippen molar-refractivity contribution in [3.05, 3.63) is 107 Å². The largest absolute Gasteiger partial charge is 0.378 e. The van der Waals surface area contributed by atoms with Crippen molar-refractivity contribution < 1.29 is 17.4 Å². The van der Waals surface area contributed by atoms with Crippen LogP contribution in [-0.4, -0.2) is 19.5 Å². The number of nitrogens with zero attached hydrogens (tertiary/aromatic N) is 1. The van der Waals surface area contributed by atoms with E-state index in [0.29, 0.717) is 15.6 Å². The Labute approximate surface area is 207 Å². The zero-order valence-corrected chi connectivity index (χ0v) is 20.3. The molecule has 0 bridgehead atoms. The number of hydrogen-bond acceptors (Lipinski definition) is 6. The van der Waals surface area contributed by atoms with Gasteiger partial charge in [-0.1, -0.05) is 66.2 Å². The molecule has 1 fully saturated rings. The molecular formula is C27H20N2O4S2. The predicted octanol–water partition coefficient (Wildman–Crippen LogP) is 5.81. The highest BCUT2D eigenvalue weighted by molar-refractivity contribution is 8.18. The number of carbonyl (C=O) groups excluding carboxylic acids is 1. The van der Waals surface area contributed by atoms with Gasteiger partial charge < -0.3 is 9.50 Å². The van der Waals surface area contributed by atoms with Crippen molar-refractivity contribution in [3.63, 3.8) is 0 Å². The minimum atomic E-state index is -4.07. The lowest BCUT2D eigenvalue weighted by Crippen LogP contribution is -2.19. The Morgan fingerprint density at radius 3 is 2.37 bits per heavy atom. The van der Waals surface area contributed by atoms with Crippen LogP contribution in [0.15, 0.2) is 106 Å². The van der Waals surface area contributed by atoms with Crippen molar-refractivity contribution >= 4 is 55.5 Å². The van der Waals surface area contributed by atoms with Crippen molar-refractivity contribution in [2.75, 3.05) is 0 Å². The Bertz CT molecular complexity index is 1590. The van der Waals surface area contributed by atoms with Crippen molar-refractivity contribution in [1.82, 2.24) is 5.32 Å². The van der Waals surface area contributed by atoms with Gasteiger partial charge in [-0.15, -0.1) is 0 Å². The van der Waals surface area contributed by atoms with Gasteiger partial charge in [-0.3, -0.25) is 4.79 Å². The summed E-state index contributed by atoms with van der Waals surface area (Å²) in [7, 11) is -4.07. The van der Waals surface area contributed by atoms with E-state index in [1.54, 1.807) is 36.4 Å². The SMILES string of the molecule is Cc1ccc(N=C2NC(=O)/C(=C/c3c(OS(=O)(=O)c4ccccc4)ccc4ccccc34)S2)cc1. The van der Waals surface area contributed by atoms with E-state index in [2.05, 4.69) is 10.3 Å². The third-order valence-electron chi connectivity index (χ3n) is 5.35. The van der Waals surface area contributed by atoms with Gasteiger partial charge in [0, 0.05) is 5.56 Å². The average Bonchev–Trinajstić information content (AvgIpc) is 3.21.